The fraction of sp³-hybridized carbons (Fsp3) is 0.250. The first-order valence-electron chi connectivity index (χ1n) is 5.37. The summed E-state index contributed by atoms with van der Waals surface area (Å²) in [6.07, 6.45) is 2.14. The van der Waals surface area contributed by atoms with Crippen LogP contribution in [-0.2, 0) is 6.42 Å². The van der Waals surface area contributed by atoms with E-state index in [4.69, 9.17) is 23.2 Å². The fourth-order valence-corrected chi connectivity index (χ4v) is 2.21. The van der Waals surface area contributed by atoms with Crippen LogP contribution >= 0.6 is 23.2 Å². The van der Waals surface area contributed by atoms with Crippen molar-refractivity contribution in [1.29, 1.82) is 0 Å². The Morgan fingerprint density at radius 1 is 1.22 bits per heavy atom. The maximum absolute atomic E-state index is 14.0. The maximum atomic E-state index is 14.0. The highest BCUT2D eigenvalue weighted by Crippen LogP contribution is 2.33. The summed E-state index contributed by atoms with van der Waals surface area (Å²) in [6.45, 7) is 3.65. The van der Waals surface area contributed by atoms with Gasteiger partial charge in [0.05, 0.1) is 0 Å². The second kappa shape index (κ2) is 5.16. The Kier molecular flexibility index (Phi) is 3.78. The predicted octanol–water partition coefficient (Wildman–Crippen LogP) is 3.86. The van der Waals surface area contributed by atoms with E-state index in [0.717, 1.165) is 5.56 Å². The van der Waals surface area contributed by atoms with Crippen molar-refractivity contribution in [2.75, 3.05) is 0 Å². The zero-order chi connectivity index (χ0) is 13.3. The third-order valence-electron chi connectivity index (χ3n) is 2.55. The zero-order valence-corrected chi connectivity index (χ0v) is 11.3. The lowest BCUT2D eigenvalue weighted by molar-refractivity contribution is 0.624. The smallest absolute Gasteiger partial charge is 0.161 e. The normalized spacial score (nSPS) is 10.7. The van der Waals surface area contributed by atoms with Gasteiger partial charge >= 0.3 is 0 Å². The molecule has 0 N–H and O–H groups in total. The van der Waals surface area contributed by atoms with Gasteiger partial charge in [-0.25, -0.2) is 4.39 Å². The lowest BCUT2D eigenvalue weighted by Gasteiger charge is -2.10. The number of aryl methyl sites for hydroxylation is 1. The number of nitrogens with zero attached hydrogens (tertiary/aromatic N) is 3. The minimum atomic E-state index is -0.448. The first kappa shape index (κ1) is 13.2. The molecule has 0 saturated heterocycles. The van der Waals surface area contributed by atoms with E-state index in [0.29, 0.717) is 17.5 Å². The standard InChI is InChI=1S/C12H10Cl2FN3/c1-3-7-9(12(14)18-17-11(7)13)10-8(15)4-6(2)5-16-10/h4-5H,3H2,1-2H3. The second-order valence-electron chi connectivity index (χ2n) is 3.83. The van der Waals surface area contributed by atoms with Crippen LogP contribution in [-0.4, -0.2) is 15.2 Å². The summed E-state index contributed by atoms with van der Waals surface area (Å²) in [6, 6.07) is 1.40. The van der Waals surface area contributed by atoms with E-state index in [1.165, 1.54) is 6.07 Å². The topological polar surface area (TPSA) is 38.7 Å². The summed E-state index contributed by atoms with van der Waals surface area (Å²) in [5, 5.41) is 7.74. The predicted molar refractivity (Wildman–Crippen MR) is 69.4 cm³/mol. The molecule has 0 aromatic carbocycles. The van der Waals surface area contributed by atoms with E-state index in [2.05, 4.69) is 15.2 Å². The summed E-state index contributed by atoms with van der Waals surface area (Å²) in [4.78, 5) is 4.07. The minimum absolute atomic E-state index is 0.103. The maximum Gasteiger partial charge on any atom is 0.161 e. The summed E-state index contributed by atoms with van der Waals surface area (Å²) in [7, 11) is 0. The SMILES string of the molecule is CCc1c(Cl)nnc(Cl)c1-c1ncc(C)cc1F. The molecule has 0 radical (unpaired) electrons. The summed E-state index contributed by atoms with van der Waals surface area (Å²) in [5.41, 5.74) is 1.95. The Morgan fingerprint density at radius 3 is 2.50 bits per heavy atom. The highest BCUT2D eigenvalue weighted by Gasteiger charge is 2.19. The summed E-state index contributed by atoms with van der Waals surface area (Å²) < 4.78 is 14.0. The molecule has 0 unspecified atom stereocenters. The van der Waals surface area contributed by atoms with Gasteiger partial charge in [-0.05, 0) is 25.0 Å². The molecule has 0 amide bonds. The third-order valence-corrected chi connectivity index (χ3v) is 3.12. The number of rotatable bonds is 2. The molecule has 94 valence electrons. The van der Waals surface area contributed by atoms with Crippen molar-refractivity contribution in [2.45, 2.75) is 20.3 Å². The Balaban J connectivity index is 2.74. The molecule has 2 aromatic heterocycles. The Bertz CT molecular complexity index is 602. The van der Waals surface area contributed by atoms with Crippen LogP contribution in [0.15, 0.2) is 12.3 Å². The van der Waals surface area contributed by atoms with Gasteiger partial charge in [-0.2, -0.15) is 0 Å². The van der Waals surface area contributed by atoms with E-state index in [-0.39, 0.29) is 16.0 Å². The monoisotopic (exact) mass is 285 g/mol. The van der Waals surface area contributed by atoms with Crippen molar-refractivity contribution in [3.8, 4) is 11.3 Å². The van der Waals surface area contributed by atoms with E-state index >= 15 is 0 Å². The molecule has 2 rings (SSSR count). The molecule has 6 heteroatoms. The van der Waals surface area contributed by atoms with Crippen molar-refractivity contribution < 1.29 is 4.39 Å². The highest BCUT2D eigenvalue weighted by molar-refractivity contribution is 6.34. The van der Waals surface area contributed by atoms with E-state index in [1.807, 2.05) is 6.92 Å². The van der Waals surface area contributed by atoms with Gasteiger partial charge in [0.15, 0.2) is 10.3 Å². The molecule has 0 spiro atoms. The van der Waals surface area contributed by atoms with Crippen LogP contribution in [0.2, 0.25) is 10.3 Å². The van der Waals surface area contributed by atoms with Crippen LogP contribution < -0.4 is 0 Å². The molecule has 2 heterocycles. The lowest BCUT2D eigenvalue weighted by atomic mass is 10.1. The van der Waals surface area contributed by atoms with Crippen molar-refractivity contribution in [1.82, 2.24) is 15.2 Å². The first-order valence-corrected chi connectivity index (χ1v) is 6.13. The number of hydrogen-bond donors (Lipinski definition) is 0. The Morgan fingerprint density at radius 2 is 1.89 bits per heavy atom. The van der Waals surface area contributed by atoms with Gasteiger partial charge in [-0.15, -0.1) is 10.2 Å². The van der Waals surface area contributed by atoms with Gasteiger partial charge in [-0.1, -0.05) is 30.1 Å². The molecular formula is C12H10Cl2FN3. The van der Waals surface area contributed by atoms with Crippen LogP contribution in [0.5, 0.6) is 0 Å². The minimum Gasteiger partial charge on any atom is -0.253 e. The highest BCUT2D eigenvalue weighted by atomic mass is 35.5. The molecule has 0 aliphatic rings. The second-order valence-corrected chi connectivity index (χ2v) is 4.55. The van der Waals surface area contributed by atoms with Gasteiger partial charge < -0.3 is 0 Å². The van der Waals surface area contributed by atoms with Crippen LogP contribution in [0.1, 0.15) is 18.1 Å². The first-order chi connectivity index (χ1) is 8.54. The Labute approximate surface area is 114 Å². The number of hydrogen-bond acceptors (Lipinski definition) is 3. The summed E-state index contributed by atoms with van der Waals surface area (Å²) >= 11 is 11.9. The van der Waals surface area contributed by atoms with E-state index < -0.39 is 5.82 Å². The molecule has 18 heavy (non-hydrogen) atoms. The molecule has 2 aromatic rings. The van der Waals surface area contributed by atoms with Crippen molar-refractivity contribution in [2.24, 2.45) is 0 Å². The average Bonchev–Trinajstić information content (AvgIpc) is 2.33. The molecule has 0 aliphatic carbocycles. The molecule has 3 nitrogen and oxygen atoms in total. The molecule has 0 aliphatic heterocycles. The summed E-state index contributed by atoms with van der Waals surface area (Å²) in [5.74, 6) is -0.448. The van der Waals surface area contributed by atoms with Crippen LogP contribution in [0, 0.1) is 12.7 Å². The van der Waals surface area contributed by atoms with Crippen LogP contribution in [0.4, 0.5) is 4.39 Å². The van der Waals surface area contributed by atoms with Gasteiger partial charge in [0.1, 0.15) is 11.5 Å². The van der Waals surface area contributed by atoms with Crippen molar-refractivity contribution in [3.05, 3.63) is 39.5 Å². The average molecular weight is 286 g/mol. The quantitative estimate of drug-likeness (QED) is 0.841. The van der Waals surface area contributed by atoms with Gasteiger partial charge in [0, 0.05) is 17.3 Å². The number of pyridine rings is 1. The van der Waals surface area contributed by atoms with Gasteiger partial charge in [-0.3, -0.25) is 4.98 Å². The molecule has 0 fully saturated rings. The van der Waals surface area contributed by atoms with Crippen LogP contribution in [0.25, 0.3) is 11.3 Å². The molecule has 0 atom stereocenters. The Hall–Kier alpha value is -1.26. The largest absolute Gasteiger partial charge is 0.253 e. The third kappa shape index (κ3) is 2.31. The zero-order valence-electron chi connectivity index (χ0n) is 9.84. The van der Waals surface area contributed by atoms with Crippen LogP contribution in [0.3, 0.4) is 0 Å². The number of aromatic nitrogens is 3. The molecule has 0 saturated carbocycles. The van der Waals surface area contributed by atoms with Gasteiger partial charge in [0.25, 0.3) is 0 Å². The van der Waals surface area contributed by atoms with Crippen molar-refractivity contribution in [3.63, 3.8) is 0 Å². The fourth-order valence-electron chi connectivity index (χ4n) is 1.71. The van der Waals surface area contributed by atoms with Gasteiger partial charge in [0.2, 0.25) is 0 Å². The van der Waals surface area contributed by atoms with Crippen molar-refractivity contribution >= 4 is 23.2 Å². The van der Waals surface area contributed by atoms with E-state index in [9.17, 15) is 4.39 Å². The molecular weight excluding hydrogens is 276 g/mol. The van der Waals surface area contributed by atoms with E-state index in [1.54, 1.807) is 13.1 Å². The lowest BCUT2D eigenvalue weighted by Crippen LogP contribution is -2.00. The number of halogens is 3. The molecule has 0 bridgehead atoms.